The minimum atomic E-state index is -1.03. The van der Waals surface area contributed by atoms with Crippen molar-refractivity contribution in [2.45, 2.75) is 19.4 Å². The van der Waals surface area contributed by atoms with Crippen LogP contribution >= 0.6 is 0 Å². The van der Waals surface area contributed by atoms with Crippen molar-refractivity contribution >= 4 is 11.7 Å². The van der Waals surface area contributed by atoms with Crippen LogP contribution in [0, 0.1) is 5.82 Å². The third-order valence-corrected chi connectivity index (χ3v) is 2.60. The van der Waals surface area contributed by atoms with Crippen LogP contribution in [0.2, 0.25) is 0 Å². The van der Waals surface area contributed by atoms with Gasteiger partial charge in [0.1, 0.15) is 18.2 Å². The Morgan fingerprint density at radius 1 is 1.58 bits per heavy atom. The highest BCUT2D eigenvalue weighted by Crippen LogP contribution is 2.19. The van der Waals surface area contributed by atoms with Gasteiger partial charge in [0, 0.05) is 0 Å². The standard InChI is InChI=1S/C11H12FN5O2/c1-2-9(11(18)19)14-10-5-7(3-4-8(10)12)17-6-13-15-16-17/h3-6,9,14H,2H2,1H3,(H,18,19). The Kier molecular flexibility index (Phi) is 3.69. The molecule has 0 aliphatic rings. The maximum absolute atomic E-state index is 13.7. The minimum absolute atomic E-state index is 0.0993. The number of hydrogen-bond acceptors (Lipinski definition) is 5. The van der Waals surface area contributed by atoms with Gasteiger partial charge in [0.2, 0.25) is 0 Å². The second-order valence-electron chi connectivity index (χ2n) is 3.86. The summed E-state index contributed by atoms with van der Waals surface area (Å²) >= 11 is 0. The van der Waals surface area contributed by atoms with Crippen LogP contribution < -0.4 is 5.32 Å². The Balaban J connectivity index is 2.30. The Morgan fingerprint density at radius 2 is 2.37 bits per heavy atom. The molecule has 1 aromatic carbocycles. The molecule has 0 spiro atoms. The number of anilines is 1. The van der Waals surface area contributed by atoms with Gasteiger partial charge in [-0.25, -0.2) is 13.9 Å². The van der Waals surface area contributed by atoms with Gasteiger partial charge < -0.3 is 10.4 Å². The smallest absolute Gasteiger partial charge is 0.326 e. The average Bonchev–Trinajstić information content (AvgIpc) is 2.91. The highest BCUT2D eigenvalue weighted by Gasteiger charge is 2.16. The van der Waals surface area contributed by atoms with Crippen molar-refractivity contribution in [1.82, 2.24) is 20.2 Å². The fraction of sp³-hybridized carbons (Fsp3) is 0.273. The molecular formula is C11H12FN5O2. The van der Waals surface area contributed by atoms with Crippen molar-refractivity contribution in [3.05, 3.63) is 30.3 Å². The summed E-state index contributed by atoms with van der Waals surface area (Å²) in [5.41, 5.74) is 0.636. The largest absolute Gasteiger partial charge is 0.480 e. The number of nitrogens with one attached hydrogen (secondary N) is 1. The predicted octanol–water partition coefficient (Wildman–Crippen LogP) is 1.08. The van der Waals surface area contributed by atoms with Gasteiger partial charge in [0.15, 0.2) is 0 Å². The molecule has 2 rings (SSSR count). The van der Waals surface area contributed by atoms with Gasteiger partial charge in [-0.1, -0.05) is 6.92 Å². The van der Waals surface area contributed by atoms with Crippen molar-refractivity contribution in [2.75, 3.05) is 5.32 Å². The van der Waals surface area contributed by atoms with Crippen molar-refractivity contribution in [3.63, 3.8) is 0 Å². The van der Waals surface area contributed by atoms with Gasteiger partial charge in [-0.05, 0) is 35.0 Å². The molecule has 0 aliphatic carbocycles. The van der Waals surface area contributed by atoms with Crippen LogP contribution in [0.5, 0.6) is 0 Å². The van der Waals surface area contributed by atoms with Crippen LogP contribution in [-0.4, -0.2) is 37.3 Å². The number of rotatable bonds is 5. The Morgan fingerprint density at radius 3 is 2.95 bits per heavy atom. The highest BCUT2D eigenvalue weighted by atomic mass is 19.1. The first-order chi connectivity index (χ1) is 9.11. The molecule has 7 nitrogen and oxygen atoms in total. The summed E-state index contributed by atoms with van der Waals surface area (Å²) in [7, 11) is 0. The summed E-state index contributed by atoms with van der Waals surface area (Å²) < 4.78 is 15.0. The zero-order valence-electron chi connectivity index (χ0n) is 10.1. The molecule has 1 aromatic heterocycles. The summed E-state index contributed by atoms with van der Waals surface area (Å²) in [5, 5.41) is 22.2. The third-order valence-electron chi connectivity index (χ3n) is 2.60. The van der Waals surface area contributed by atoms with E-state index >= 15 is 0 Å². The fourth-order valence-corrected chi connectivity index (χ4v) is 1.57. The molecule has 19 heavy (non-hydrogen) atoms. The van der Waals surface area contributed by atoms with Crippen LogP contribution in [0.3, 0.4) is 0 Å². The zero-order valence-corrected chi connectivity index (χ0v) is 10.1. The molecule has 100 valence electrons. The lowest BCUT2D eigenvalue weighted by molar-refractivity contribution is -0.137. The SMILES string of the molecule is CCC(Nc1cc(-n2cnnn2)ccc1F)C(=O)O. The molecule has 1 atom stereocenters. The summed E-state index contributed by atoms with van der Waals surface area (Å²) in [6.45, 7) is 1.70. The summed E-state index contributed by atoms with van der Waals surface area (Å²) in [5.74, 6) is -1.56. The van der Waals surface area contributed by atoms with E-state index in [0.717, 1.165) is 0 Å². The number of carboxylic acids is 1. The third kappa shape index (κ3) is 2.84. The second kappa shape index (κ2) is 5.42. The Bertz CT molecular complexity index is 572. The number of hydrogen-bond donors (Lipinski definition) is 2. The van der Waals surface area contributed by atoms with E-state index in [4.69, 9.17) is 5.11 Å². The van der Waals surface area contributed by atoms with Gasteiger partial charge in [-0.2, -0.15) is 0 Å². The van der Waals surface area contributed by atoms with E-state index in [-0.39, 0.29) is 5.69 Å². The van der Waals surface area contributed by atoms with E-state index in [0.29, 0.717) is 12.1 Å². The number of nitrogens with zero attached hydrogens (tertiary/aromatic N) is 4. The molecule has 0 bridgehead atoms. The molecule has 0 amide bonds. The minimum Gasteiger partial charge on any atom is -0.480 e. The van der Waals surface area contributed by atoms with Gasteiger partial charge in [0.25, 0.3) is 0 Å². The summed E-state index contributed by atoms with van der Waals surface area (Å²) in [4.78, 5) is 10.9. The normalized spacial score (nSPS) is 12.1. The van der Waals surface area contributed by atoms with E-state index in [9.17, 15) is 9.18 Å². The maximum Gasteiger partial charge on any atom is 0.326 e. The molecule has 1 unspecified atom stereocenters. The fourth-order valence-electron chi connectivity index (χ4n) is 1.57. The molecule has 0 saturated carbocycles. The van der Waals surface area contributed by atoms with Crippen molar-refractivity contribution < 1.29 is 14.3 Å². The van der Waals surface area contributed by atoms with Gasteiger partial charge in [-0.3, -0.25) is 0 Å². The zero-order chi connectivity index (χ0) is 13.8. The van der Waals surface area contributed by atoms with E-state index in [2.05, 4.69) is 20.8 Å². The van der Waals surface area contributed by atoms with Crippen LogP contribution in [0.25, 0.3) is 5.69 Å². The molecule has 8 heteroatoms. The second-order valence-corrected chi connectivity index (χ2v) is 3.86. The molecule has 0 saturated heterocycles. The van der Waals surface area contributed by atoms with Crippen LogP contribution in [0.15, 0.2) is 24.5 Å². The maximum atomic E-state index is 13.7. The summed E-state index contributed by atoms with van der Waals surface area (Å²) in [6.07, 6.45) is 1.70. The Hall–Kier alpha value is -2.51. The molecule has 2 aromatic rings. The van der Waals surface area contributed by atoms with Gasteiger partial charge >= 0.3 is 5.97 Å². The lowest BCUT2D eigenvalue weighted by Crippen LogP contribution is -2.28. The molecular weight excluding hydrogens is 253 g/mol. The molecule has 0 aliphatic heterocycles. The van der Waals surface area contributed by atoms with Crippen molar-refractivity contribution in [1.29, 1.82) is 0 Å². The van der Waals surface area contributed by atoms with Crippen molar-refractivity contribution in [3.8, 4) is 5.69 Å². The molecule has 2 N–H and O–H groups in total. The lowest BCUT2D eigenvalue weighted by atomic mass is 10.2. The van der Waals surface area contributed by atoms with Crippen LogP contribution in [0.1, 0.15) is 13.3 Å². The van der Waals surface area contributed by atoms with Crippen LogP contribution in [-0.2, 0) is 4.79 Å². The number of carboxylic acid groups (broad SMARTS) is 1. The molecule has 1 heterocycles. The van der Waals surface area contributed by atoms with Gasteiger partial charge in [-0.15, -0.1) is 5.10 Å². The monoisotopic (exact) mass is 265 g/mol. The number of aliphatic carboxylic acids is 1. The first kappa shape index (κ1) is 12.9. The van der Waals surface area contributed by atoms with Crippen molar-refractivity contribution in [2.24, 2.45) is 0 Å². The summed E-state index contributed by atoms with van der Waals surface area (Å²) in [6, 6.07) is 3.34. The number of tetrazole rings is 1. The first-order valence-electron chi connectivity index (χ1n) is 5.64. The number of halogens is 1. The van der Waals surface area contributed by atoms with E-state index in [1.54, 1.807) is 6.92 Å². The van der Waals surface area contributed by atoms with E-state index < -0.39 is 17.8 Å². The first-order valence-corrected chi connectivity index (χ1v) is 5.64. The van der Waals surface area contributed by atoms with E-state index in [1.807, 2.05) is 0 Å². The lowest BCUT2D eigenvalue weighted by Gasteiger charge is -2.15. The average molecular weight is 265 g/mol. The quantitative estimate of drug-likeness (QED) is 0.840. The topological polar surface area (TPSA) is 92.9 Å². The van der Waals surface area contributed by atoms with E-state index in [1.165, 1.54) is 29.2 Å². The van der Waals surface area contributed by atoms with Gasteiger partial charge in [0.05, 0.1) is 11.4 Å². The highest BCUT2D eigenvalue weighted by molar-refractivity contribution is 5.77. The van der Waals surface area contributed by atoms with Crippen LogP contribution in [0.4, 0.5) is 10.1 Å². The number of benzene rings is 1. The molecule has 0 fully saturated rings. The number of carbonyl (C=O) groups is 1. The predicted molar refractivity (Wildman–Crippen MR) is 64.4 cm³/mol. The number of aromatic nitrogens is 4. The molecule has 0 radical (unpaired) electrons. The Labute approximate surface area is 108 Å².